The summed E-state index contributed by atoms with van der Waals surface area (Å²) >= 11 is 1.67. The Labute approximate surface area is 192 Å². The van der Waals surface area contributed by atoms with Crippen LogP contribution >= 0.6 is 11.3 Å². The van der Waals surface area contributed by atoms with E-state index in [1.807, 2.05) is 11.1 Å². The maximum absolute atomic E-state index is 13.3. The lowest BCUT2D eigenvalue weighted by Gasteiger charge is -2.30. The van der Waals surface area contributed by atoms with E-state index in [1.165, 1.54) is 9.44 Å². The van der Waals surface area contributed by atoms with Crippen LogP contribution in [0, 0.1) is 5.92 Å². The number of rotatable bonds is 4. The Hall–Kier alpha value is -2.89. The quantitative estimate of drug-likeness (QED) is 0.620. The largest absolute Gasteiger partial charge is 0.451 e. The second kappa shape index (κ2) is 7.57. The Bertz CT molecular complexity index is 1230. The first-order valence-electron chi connectivity index (χ1n) is 11.1. The lowest BCUT2D eigenvalue weighted by molar-refractivity contribution is -0.147. The number of anilines is 2. The predicted octanol–water partition coefficient (Wildman–Crippen LogP) is 3.20. The highest BCUT2D eigenvalue weighted by Gasteiger charge is 2.40. The molecular weight excluding hydrogens is 453 g/mol. The average Bonchev–Trinajstić information content (AvgIpc) is 3.53. The fourth-order valence-electron chi connectivity index (χ4n) is 4.91. The van der Waals surface area contributed by atoms with Crippen molar-refractivity contribution in [2.45, 2.75) is 45.1 Å². The summed E-state index contributed by atoms with van der Waals surface area (Å²) in [6.45, 7) is 4.58. The SMILES string of the molecule is CCCc1cc2c(N3CCn4c(nnc4C(F)(F)F)C3)nc(N3CC4C=CNC4C3)nc2s1. The van der Waals surface area contributed by atoms with Crippen LogP contribution in [0.15, 0.2) is 18.3 Å². The van der Waals surface area contributed by atoms with Crippen LogP contribution in [0.5, 0.6) is 0 Å². The Morgan fingerprint density at radius 3 is 2.82 bits per heavy atom. The molecule has 0 bridgehead atoms. The first-order chi connectivity index (χ1) is 15.9. The summed E-state index contributed by atoms with van der Waals surface area (Å²) in [5.41, 5.74) is 0. The predicted molar refractivity (Wildman–Crippen MR) is 119 cm³/mol. The number of aryl methyl sites for hydroxylation is 1. The van der Waals surface area contributed by atoms with Crippen LogP contribution in [0.3, 0.4) is 0 Å². The van der Waals surface area contributed by atoms with Crippen molar-refractivity contribution in [1.82, 2.24) is 30.0 Å². The molecule has 1 fully saturated rings. The molecule has 0 aliphatic carbocycles. The molecule has 0 spiro atoms. The van der Waals surface area contributed by atoms with E-state index in [9.17, 15) is 13.2 Å². The molecule has 3 aromatic rings. The van der Waals surface area contributed by atoms with Crippen molar-refractivity contribution >= 4 is 33.3 Å². The first-order valence-corrected chi connectivity index (χ1v) is 11.9. The number of halogens is 3. The van der Waals surface area contributed by atoms with Crippen LogP contribution in [0.2, 0.25) is 0 Å². The standard InChI is InChI=1S/C21H23F3N8S/c1-2-3-13-8-14-17(30-6-7-32-16(11-30)28-29-19(32)21(22,23)24)26-20(27-18(14)33-13)31-9-12-4-5-25-15(12)10-31/h4-5,8,12,15,25H,2-3,6-7,9-11H2,1H3. The Morgan fingerprint density at radius 1 is 1.15 bits per heavy atom. The minimum atomic E-state index is -4.51. The molecule has 12 heteroatoms. The number of fused-ring (bicyclic) bond motifs is 3. The van der Waals surface area contributed by atoms with Gasteiger partial charge in [-0.15, -0.1) is 21.5 Å². The third-order valence-electron chi connectivity index (χ3n) is 6.52. The molecule has 3 aliphatic heterocycles. The van der Waals surface area contributed by atoms with Gasteiger partial charge in [-0.1, -0.05) is 19.4 Å². The normalized spacial score (nSPS) is 22.2. The smallest absolute Gasteiger partial charge is 0.386 e. The summed E-state index contributed by atoms with van der Waals surface area (Å²) < 4.78 is 41.0. The summed E-state index contributed by atoms with van der Waals surface area (Å²) in [6.07, 6.45) is 1.67. The minimum Gasteiger partial charge on any atom is -0.386 e. The van der Waals surface area contributed by atoms with Crippen molar-refractivity contribution in [2.75, 3.05) is 29.4 Å². The summed E-state index contributed by atoms with van der Waals surface area (Å²) in [7, 11) is 0. The molecule has 0 radical (unpaired) electrons. The maximum atomic E-state index is 13.3. The summed E-state index contributed by atoms with van der Waals surface area (Å²) in [5, 5.41) is 11.6. The van der Waals surface area contributed by atoms with Gasteiger partial charge < -0.3 is 19.7 Å². The van der Waals surface area contributed by atoms with Gasteiger partial charge >= 0.3 is 6.18 Å². The molecule has 2 unspecified atom stereocenters. The molecule has 1 N–H and O–H groups in total. The van der Waals surface area contributed by atoms with Crippen molar-refractivity contribution in [2.24, 2.45) is 5.92 Å². The Kier molecular flexibility index (Phi) is 4.75. The zero-order valence-electron chi connectivity index (χ0n) is 18.0. The van der Waals surface area contributed by atoms with E-state index in [0.29, 0.717) is 30.3 Å². The molecule has 3 aliphatic rings. The third-order valence-corrected chi connectivity index (χ3v) is 7.60. The zero-order chi connectivity index (χ0) is 22.7. The van der Waals surface area contributed by atoms with Crippen LogP contribution < -0.4 is 15.1 Å². The van der Waals surface area contributed by atoms with Crippen molar-refractivity contribution < 1.29 is 13.2 Å². The second-order valence-electron chi connectivity index (χ2n) is 8.74. The van der Waals surface area contributed by atoms with Gasteiger partial charge in [0, 0.05) is 37.0 Å². The van der Waals surface area contributed by atoms with Gasteiger partial charge in [0.05, 0.1) is 18.0 Å². The van der Waals surface area contributed by atoms with Gasteiger partial charge in [-0.3, -0.25) is 0 Å². The van der Waals surface area contributed by atoms with Crippen molar-refractivity contribution in [3.63, 3.8) is 0 Å². The van der Waals surface area contributed by atoms with E-state index >= 15 is 0 Å². The molecule has 8 nitrogen and oxygen atoms in total. The molecule has 6 heterocycles. The molecule has 6 rings (SSSR count). The van der Waals surface area contributed by atoms with Crippen molar-refractivity contribution in [1.29, 1.82) is 0 Å². The Morgan fingerprint density at radius 2 is 2.03 bits per heavy atom. The fraction of sp³-hybridized carbons (Fsp3) is 0.524. The topological polar surface area (TPSA) is 75.0 Å². The number of nitrogens with zero attached hydrogens (tertiary/aromatic N) is 7. The zero-order valence-corrected chi connectivity index (χ0v) is 18.8. The van der Waals surface area contributed by atoms with Gasteiger partial charge in [-0.25, -0.2) is 4.98 Å². The Balaban J connectivity index is 1.38. The lowest BCUT2D eigenvalue weighted by atomic mass is 10.1. The third kappa shape index (κ3) is 3.51. The maximum Gasteiger partial charge on any atom is 0.451 e. The van der Waals surface area contributed by atoms with Gasteiger partial charge in [0.1, 0.15) is 10.6 Å². The highest BCUT2D eigenvalue weighted by Crippen LogP contribution is 2.37. The number of hydrogen-bond acceptors (Lipinski definition) is 8. The first kappa shape index (κ1) is 20.7. The van der Waals surface area contributed by atoms with Gasteiger partial charge in [0.2, 0.25) is 11.8 Å². The van der Waals surface area contributed by atoms with Gasteiger partial charge in [-0.05, 0) is 18.7 Å². The van der Waals surface area contributed by atoms with Crippen molar-refractivity contribution in [3.8, 4) is 0 Å². The molecule has 0 saturated carbocycles. The molecule has 33 heavy (non-hydrogen) atoms. The summed E-state index contributed by atoms with van der Waals surface area (Å²) in [4.78, 5) is 16.2. The molecule has 1 saturated heterocycles. The molecule has 174 valence electrons. The number of alkyl halides is 3. The van der Waals surface area contributed by atoms with Crippen molar-refractivity contribution in [3.05, 3.63) is 34.9 Å². The number of hydrogen-bond donors (Lipinski definition) is 1. The number of thiophene rings is 1. The van der Waals surface area contributed by atoms with Crippen LogP contribution in [-0.4, -0.2) is 50.4 Å². The summed E-state index contributed by atoms with van der Waals surface area (Å²) in [6, 6.07) is 2.49. The van der Waals surface area contributed by atoms with E-state index in [-0.39, 0.29) is 13.1 Å². The second-order valence-corrected chi connectivity index (χ2v) is 9.86. The molecule has 3 aromatic heterocycles. The number of nitrogens with one attached hydrogen (secondary N) is 1. The molecule has 0 amide bonds. The number of aromatic nitrogens is 5. The van der Waals surface area contributed by atoms with E-state index in [4.69, 9.17) is 9.97 Å². The van der Waals surface area contributed by atoms with E-state index in [2.05, 4.69) is 39.5 Å². The van der Waals surface area contributed by atoms with Crippen LogP contribution in [0.1, 0.15) is 29.9 Å². The molecule has 0 aromatic carbocycles. The van der Waals surface area contributed by atoms with Gasteiger partial charge in [-0.2, -0.15) is 18.2 Å². The van der Waals surface area contributed by atoms with Crippen LogP contribution in [0.25, 0.3) is 10.2 Å². The van der Waals surface area contributed by atoms with Gasteiger partial charge in [0.15, 0.2) is 5.82 Å². The fourth-order valence-corrected chi connectivity index (χ4v) is 6.03. The van der Waals surface area contributed by atoms with Gasteiger partial charge in [0.25, 0.3) is 0 Å². The monoisotopic (exact) mass is 476 g/mol. The average molecular weight is 477 g/mol. The van der Waals surface area contributed by atoms with E-state index in [0.717, 1.165) is 42.0 Å². The summed E-state index contributed by atoms with van der Waals surface area (Å²) in [5.74, 6) is 1.24. The molecular formula is C21H23F3N8S. The van der Waals surface area contributed by atoms with Crippen LogP contribution in [-0.2, 0) is 25.7 Å². The lowest BCUT2D eigenvalue weighted by Crippen LogP contribution is -2.36. The molecule has 2 atom stereocenters. The van der Waals surface area contributed by atoms with Crippen LogP contribution in [0.4, 0.5) is 24.9 Å². The highest BCUT2D eigenvalue weighted by molar-refractivity contribution is 7.18. The van der Waals surface area contributed by atoms with E-state index in [1.54, 1.807) is 11.3 Å². The van der Waals surface area contributed by atoms with E-state index < -0.39 is 12.0 Å². The highest BCUT2D eigenvalue weighted by atomic mass is 32.1. The minimum absolute atomic E-state index is 0.159.